The second kappa shape index (κ2) is 5.12. The van der Waals surface area contributed by atoms with E-state index < -0.39 is 0 Å². The van der Waals surface area contributed by atoms with Crippen molar-refractivity contribution in [3.63, 3.8) is 0 Å². The molecule has 1 atom stereocenters. The number of aryl methyl sites for hydroxylation is 2. The number of nitrogens with zero attached hydrogens (tertiary/aromatic N) is 3. The van der Waals surface area contributed by atoms with Crippen LogP contribution in [-0.4, -0.2) is 20.4 Å². The molecule has 102 valence electrons. The fourth-order valence-corrected chi connectivity index (χ4v) is 2.95. The molecule has 0 bridgehead atoms. The van der Waals surface area contributed by atoms with Gasteiger partial charge < -0.3 is 4.57 Å². The third-order valence-electron chi connectivity index (χ3n) is 3.88. The zero-order valence-electron chi connectivity index (χ0n) is 11.6. The fourth-order valence-electron chi connectivity index (χ4n) is 2.78. The first-order chi connectivity index (χ1) is 9.19. The number of aromatic nitrogens is 3. The van der Waals surface area contributed by atoms with Crippen LogP contribution in [0.15, 0.2) is 12.1 Å². The van der Waals surface area contributed by atoms with E-state index in [1.807, 2.05) is 13.0 Å². The van der Waals surface area contributed by atoms with Crippen LogP contribution in [-0.2, 0) is 6.42 Å². The minimum absolute atomic E-state index is 0.463. The maximum absolute atomic E-state index is 5.92. The second-order valence-electron chi connectivity index (χ2n) is 5.66. The zero-order valence-corrected chi connectivity index (χ0v) is 12.3. The van der Waals surface area contributed by atoms with Gasteiger partial charge in [0, 0.05) is 24.0 Å². The van der Waals surface area contributed by atoms with Crippen LogP contribution in [0.1, 0.15) is 43.7 Å². The van der Waals surface area contributed by atoms with Crippen molar-refractivity contribution in [1.29, 1.82) is 0 Å². The highest BCUT2D eigenvalue weighted by Gasteiger charge is 2.26. The number of pyridine rings is 1. The Morgan fingerprint density at radius 2 is 2.16 bits per heavy atom. The highest BCUT2D eigenvalue weighted by Crippen LogP contribution is 2.37. The molecular weight excluding hydrogens is 258 g/mol. The number of imidazole rings is 1. The number of alkyl halides is 1. The van der Waals surface area contributed by atoms with Crippen molar-refractivity contribution in [2.45, 2.75) is 45.6 Å². The molecular formula is C15H20ClN3. The average Bonchev–Trinajstić information content (AvgIpc) is 3.10. The quantitative estimate of drug-likeness (QED) is 0.777. The smallest absolute Gasteiger partial charge is 0.160 e. The van der Waals surface area contributed by atoms with E-state index in [4.69, 9.17) is 16.6 Å². The number of hydrogen-bond donors (Lipinski definition) is 0. The van der Waals surface area contributed by atoms with E-state index in [1.165, 1.54) is 19.3 Å². The summed E-state index contributed by atoms with van der Waals surface area (Å²) < 4.78 is 2.31. The molecule has 2 heterocycles. The molecule has 1 aliphatic carbocycles. The van der Waals surface area contributed by atoms with Gasteiger partial charge in [0.1, 0.15) is 11.3 Å². The third-order valence-corrected chi connectivity index (χ3v) is 4.07. The van der Waals surface area contributed by atoms with Crippen molar-refractivity contribution in [3.8, 4) is 0 Å². The van der Waals surface area contributed by atoms with Crippen LogP contribution in [0.3, 0.4) is 0 Å². The Labute approximate surface area is 119 Å². The van der Waals surface area contributed by atoms with Crippen molar-refractivity contribution in [2.24, 2.45) is 5.92 Å². The molecule has 0 aromatic carbocycles. The van der Waals surface area contributed by atoms with E-state index in [-0.39, 0.29) is 0 Å². The summed E-state index contributed by atoms with van der Waals surface area (Å²) in [7, 11) is 0. The molecule has 0 saturated heterocycles. The van der Waals surface area contributed by atoms with Gasteiger partial charge in [0.05, 0.1) is 0 Å². The van der Waals surface area contributed by atoms with Gasteiger partial charge >= 0.3 is 0 Å². The number of halogens is 1. The topological polar surface area (TPSA) is 30.7 Å². The van der Waals surface area contributed by atoms with E-state index in [2.05, 4.69) is 22.5 Å². The minimum atomic E-state index is 0.463. The predicted octanol–water partition coefficient (Wildman–Crippen LogP) is 3.88. The number of fused-ring (bicyclic) bond motifs is 1. The van der Waals surface area contributed by atoms with Gasteiger partial charge in [-0.15, -0.1) is 11.6 Å². The van der Waals surface area contributed by atoms with Gasteiger partial charge in [-0.05, 0) is 38.3 Å². The second-order valence-corrected chi connectivity index (χ2v) is 6.04. The molecule has 2 aromatic heterocycles. The van der Waals surface area contributed by atoms with Gasteiger partial charge in [-0.3, -0.25) is 0 Å². The molecule has 1 saturated carbocycles. The standard InChI is InChI=1S/C15H20ClN3/c1-10-3-6-13-15(17-10)19(14(18-13)7-8-16)11(2)9-12-4-5-12/h3,6,11-12H,4-5,7-9H2,1-2H3. The van der Waals surface area contributed by atoms with Crippen LogP contribution in [0, 0.1) is 12.8 Å². The number of hydrogen-bond acceptors (Lipinski definition) is 2. The molecule has 2 aromatic rings. The Hall–Kier alpha value is -1.09. The number of rotatable bonds is 5. The van der Waals surface area contributed by atoms with Gasteiger partial charge in [0.2, 0.25) is 0 Å². The molecule has 4 heteroatoms. The average molecular weight is 278 g/mol. The van der Waals surface area contributed by atoms with E-state index >= 15 is 0 Å². The highest BCUT2D eigenvalue weighted by molar-refractivity contribution is 6.17. The van der Waals surface area contributed by atoms with Crippen LogP contribution in [0.4, 0.5) is 0 Å². The summed E-state index contributed by atoms with van der Waals surface area (Å²) in [6, 6.07) is 4.55. The van der Waals surface area contributed by atoms with Crippen molar-refractivity contribution in [3.05, 3.63) is 23.7 Å². The monoisotopic (exact) mass is 277 g/mol. The molecule has 0 amide bonds. The van der Waals surface area contributed by atoms with Gasteiger partial charge in [0.15, 0.2) is 5.65 Å². The molecule has 19 heavy (non-hydrogen) atoms. The Morgan fingerprint density at radius 3 is 2.84 bits per heavy atom. The van der Waals surface area contributed by atoms with Crippen molar-refractivity contribution in [2.75, 3.05) is 5.88 Å². The largest absolute Gasteiger partial charge is 0.310 e. The Kier molecular flexibility index (Phi) is 3.48. The van der Waals surface area contributed by atoms with Crippen LogP contribution >= 0.6 is 11.6 Å². The molecule has 1 aliphatic rings. The van der Waals surface area contributed by atoms with Crippen molar-refractivity contribution in [1.82, 2.24) is 14.5 Å². The summed E-state index contributed by atoms with van der Waals surface area (Å²) in [6.45, 7) is 4.31. The fraction of sp³-hybridized carbons (Fsp3) is 0.600. The van der Waals surface area contributed by atoms with Gasteiger partial charge in [-0.2, -0.15) is 0 Å². The van der Waals surface area contributed by atoms with E-state index in [1.54, 1.807) is 0 Å². The molecule has 1 unspecified atom stereocenters. The van der Waals surface area contributed by atoms with Crippen LogP contribution in [0.25, 0.3) is 11.2 Å². The molecule has 3 nitrogen and oxygen atoms in total. The molecule has 0 radical (unpaired) electrons. The maximum Gasteiger partial charge on any atom is 0.160 e. The summed E-state index contributed by atoms with van der Waals surface area (Å²) in [6.07, 6.45) is 4.81. The van der Waals surface area contributed by atoms with Gasteiger partial charge in [0.25, 0.3) is 0 Å². The molecule has 1 fully saturated rings. The van der Waals surface area contributed by atoms with Crippen molar-refractivity contribution < 1.29 is 0 Å². The van der Waals surface area contributed by atoms with E-state index in [0.717, 1.165) is 35.0 Å². The van der Waals surface area contributed by atoms with Gasteiger partial charge in [-0.1, -0.05) is 12.8 Å². The minimum Gasteiger partial charge on any atom is -0.310 e. The van der Waals surface area contributed by atoms with Crippen LogP contribution in [0.2, 0.25) is 0 Å². The SMILES string of the molecule is Cc1ccc2nc(CCCl)n(C(C)CC3CC3)c2n1. The first kappa shape index (κ1) is 12.9. The van der Waals surface area contributed by atoms with Crippen LogP contribution in [0.5, 0.6) is 0 Å². The highest BCUT2D eigenvalue weighted by atomic mass is 35.5. The summed E-state index contributed by atoms with van der Waals surface area (Å²) in [5, 5.41) is 0. The summed E-state index contributed by atoms with van der Waals surface area (Å²) in [5.74, 6) is 2.59. The third kappa shape index (κ3) is 2.62. The lowest BCUT2D eigenvalue weighted by Gasteiger charge is -2.16. The lowest BCUT2D eigenvalue weighted by atomic mass is 10.1. The summed E-state index contributed by atoms with van der Waals surface area (Å²) >= 11 is 5.92. The first-order valence-corrected chi connectivity index (χ1v) is 7.63. The summed E-state index contributed by atoms with van der Waals surface area (Å²) in [4.78, 5) is 9.39. The Balaban J connectivity index is 2.05. The maximum atomic E-state index is 5.92. The zero-order chi connectivity index (χ0) is 13.4. The summed E-state index contributed by atoms with van der Waals surface area (Å²) in [5.41, 5.74) is 3.06. The Bertz CT molecular complexity index is 586. The molecule has 0 aliphatic heterocycles. The Morgan fingerprint density at radius 1 is 1.37 bits per heavy atom. The van der Waals surface area contributed by atoms with Crippen LogP contribution < -0.4 is 0 Å². The lowest BCUT2D eigenvalue weighted by Crippen LogP contribution is -2.11. The normalized spacial score (nSPS) is 17.0. The van der Waals surface area contributed by atoms with Gasteiger partial charge in [-0.25, -0.2) is 9.97 Å². The van der Waals surface area contributed by atoms with E-state index in [0.29, 0.717) is 11.9 Å². The molecule has 0 spiro atoms. The molecule has 0 N–H and O–H groups in total. The van der Waals surface area contributed by atoms with Crippen molar-refractivity contribution >= 4 is 22.8 Å². The molecule has 3 rings (SSSR count). The van der Waals surface area contributed by atoms with E-state index in [9.17, 15) is 0 Å². The lowest BCUT2D eigenvalue weighted by molar-refractivity contribution is 0.471. The first-order valence-electron chi connectivity index (χ1n) is 7.09. The predicted molar refractivity (Wildman–Crippen MR) is 78.7 cm³/mol.